The normalized spacial score (nSPS) is 9.53. The number of nitrogens with zero attached hydrogens (tertiary/aromatic N) is 1. The summed E-state index contributed by atoms with van der Waals surface area (Å²) in [5.41, 5.74) is 5.28. The molecule has 0 bridgehead atoms. The minimum Gasteiger partial charge on any atom is -0.364 e. The molecule has 5 heteroatoms. The zero-order valence-electron chi connectivity index (χ0n) is 8.45. The van der Waals surface area contributed by atoms with E-state index in [4.69, 9.17) is 5.73 Å². The van der Waals surface area contributed by atoms with Gasteiger partial charge in [0.25, 0.3) is 5.91 Å². The van der Waals surface area contributed by atoms with E-state index in [1.165, 1.54) is 18.2 Å². The standard InChI is InChI=1S/C8H5FN2OS.C2H6/c9-4-1-2-5-6(3-4)13-11-7(5)8(10)12;1-2/h1-3H,(H2,10,12);1-2H3. The molecule has 0 radical (unpaired) electrons. The molecule has 15 heavy (non-hydrogen) atoms. The minimum atomic E-state index is -0.585. The molecule has 3 nitrogen and oxygen atoms in total. The van der Waals surface area contributed by atoms with Crippen molar-refractivity contribution in [2.75, 3.05) is 0 Å². The fourth-order valence-electron chi connectivity index (χ4n) is 1.09. The number of rotatable bonds is 1. The van der Waals surface area contributed by atoms with E-state index in [0.29, 0.717) is 10.1 Å². The molecular weight excluding hydrogens is 215 g/mol. The van der Waals surface area contributed by atoms with Crippen LogP contribution < -0.4 is 5.73 Å². The molecule has 0 spiro atoms. The minimum absolute atomic E-state index is 0.208. The van der Waals surface area contributed by atoms with Gasteiger partial charge < -0.3 is 5.73 Å². The van der Waals surface area contributed by atoms with Crippen molar-refractivity contribution >= 4 is 27.5 Å². The molecule has 0 atom stereocenters. The fourth-order valence-corrected chi connectivity index (χ4v) is 1.90. The number of benzene rings is 1. The predicted molar refractivity (Wildman–Crippen MR) is 59.4 cm³/mol. The van der Waals surface area contributed by atoms with Crippen molar-refractivity contribution < 1.29 is 9.18 Å². The first-order valence-electron chi connectivity index (χ1n) is 4.53. The fraction of sp³-hybridized carbons (Fsp3) is 0.200. The smallest absolute Gasteiger partial charge is 0.269 e. The largest absolute Gasteiger partial charge is 0.364 e. The Labute approximate surface area is 90.9 Å². The molecule has 1 amide bonds. The van der Waals surface area contributed by atoms with Crippen LogP contribution in [0.4, 0.5) is 4.39 Å². The summed E-state index contributed by atoms with van der Waals surface area (Å²) < 4.78 is 17.2. The zero-order valence-corrected chi connectivity index (χ0v) is 9.27. The summed E-state index contributed by atoms with van der Waals surface area (Å²) in [6, 6.07) is 4.12. The Kier molecular flexibility index (Phi) is 3.74. The molecule has 1 aromatic carbocycles. The number of fused-ring (bicyclic) bond motifs is 1. The molecular formula is C10H11FN2OS. The van der Waals surface area contributed by atoms with Crippen LogP contribution in [0, 0.1) is 5.82 Å². The molecule has 80 valence electrons. The molecule has 0 aliphatic heterocycles. The van der Waals surface area contributed by atoms with Gasteiger partial charge in [-0.2, -0.15) is 4.37 Å². The second-order valence-electron chi connectivity index (χ2n) is 2.54. The van der Waals surface area contributed by atoms with E-state index < -0.39 is 5.91 Å². The van der Waals surface area contributed by atoms with Crippen molar-refractivity contribution in [3.63, 3.8) is 0 Å². The van der Waals surface area contributed by atoms with E-state index in [2.05, 4.69) is 4.37 Å². The molecule has 0 saturated carbocycles. The summed E-state index contributed by atoms with van der Waals surface area (Å²) in [6.07, 6.45) is 0. The third-order valence-electron chi connectivity index (χ3n) is 1.67. The lowest BCUT2D eigenvalue weighted by Gasteiger charge is -1.90. The van der Waals surface area contributed by atoms with Gasteiger partial charge in [-0.25, -0.2) is 4.39 Å². The van der Waals surface area contributed by atoms with E-state index in [1.54, 1.807) is 0 Å². The van der Waals surface area contributed by atoms with Crippen LogP contribution in [0.3, 0.4) is 0 Å². The van der Waals surface area contributed by atoms with E-state index in [0.717, 1.165) is 11.5 Å². The maximum atomic E-state index is 12.7. The topological polar surface area (TPSA) is 56.0 Å². The van der Waals surface area contributed by atoms with Gasteiger partial charge in [-0.1, -0.05) is 13.8 Å². The molecule has 0 unspecified atom stereocenters. The quantitative estimate of drug-likeness (QED) is 0.812. The maximum absolute atomic E-state index is 12.7. The molecule has 0 aliphatic rings. The Morgan fingerprint density at radius 2 is 2.13 bits per heavy atom. The van der Waals surface area contributed by atoms with Crippen LogP contribution in [0.15, 0.2) is 18.2 Å². The number of carbonyl (C=O) groups excluding carboxylic acids is 1. The van der Waals surface area contributed by atoms with Gasteiger partial charge in [-0.3, -0.25) is 4.79 Å². The van der Waals surface area contributed by atoms with Gasteiger partial charge in [0, 0.05) is 5.39 Å². The summed E-state index contributed by atoms with van der Waals surface area (Å²) in [7, 11) is 0. The second kappa shape index (κ2) is 4.84. The third kappa shape index (κ3) is 2.30. The van der Waals surface area contributed by atoms with E-state index in [-0.39, 0.29) is 11.5 Å². The van der Waals surface area contributed by atoms with Crippen molar-refractivity contribution in [1.29, 1.82) is 0 Å². The average Bonchev–Trinajstić information content (AvgIpc) is 2.63. The number of hydrogen-bond donors (Lipinski definition) is 1. The van der Waals surface area contributed by atoms with Gasteiger partial charge in [0.2, 0.25) is 0 Å². The van der Waals surface area contributed by atoms with Crippen LogP contribution in [0.5, 0.6) is 0 Å². The average molecular weight is 226 g/mol. The van der Waals surface area contributed by atoms with Gasteiger partial charge in [0.1, 0.15) is 11.5 Å². The molecule has 2 N–H and O–H groups in total. The van der Waals surface area contributed by atoms with E-state index in [1.807, 2.05) is 13.8 Å². The lowest BCUT2D eigenvalue weighted by molar-refractivity contribution is 0.0998. The number of aromatic nitrogens is 1. The van der Waals surface area contributed by atoms with Crippen molar-refractivity contribution in [2.24, 2.45) is 5.73 Å². The Balaban J connectivity index is 0.000000531. The third-order valence-corrected chi connectivity index (χ3v) is 2.48. The Bertz CT molecular complexity index is 481. The monoisotopic (exact) mass is 226 g/mol. The van der Waals surface area contributed by atoms with Gasteiger partial charge in [-0.15, -0.1) is 0 Å². The van der Waals surface area contributed by atoms with Crippen molar-refractivity contribution in [2.45, 2.75) is 13.8 Å². The Morgan fingerprint density at radius 1 is 1.47 bits per heavy atom. The summed E-state index contributed by atoms with van der Waals surface area (Å²) in [4.78, 5) is 10.8. The summed E-state index contributed by atoms with van der Waals surface area (Å²) in [6.45, 7) is 4.00. The van der Waals surface area contributed by atoms with Gasteiger partial charge in [0.05, 0.1) is 4.70 Å². The lowest BCUT2D eigenvalue weighted by Crippen LogP contribution is -2.11. The number of carbonyl (C=O) groups is 1. The van der Waals surface area contributed by atoms with Crippen LogP contribution >= 0.6 is 11.5 Å². The number of primary amides is 1. The Hall–Kier alpha value is -1.49. The second-order valence-corrected chi connectivity index (χ2v) is 3.34. The highest BCUT2D eigenvalue weighted by Crippen LogP contribution is 2.22. The van der Waals surface area contributed by atoms with Gasteiger partial charge >= 0.3 is 0 Å². The SMILES string of the molecule is CC.NC(=O)c1nsc2cc(F)ccc12. The number of nitrogens with two attached hydrogens (primary N) is 1. The molecule has 2 aromatic rings. The highest BCUT2D eigenvalue weighted by molar-refractivity contribution is 7.13. The number of amides is 1. The first kappa shape index (κ1) is 11.6. The highest BCUT2D eigenvalue weighted by atomic mass is 32.1. The van der Waals surface area contributed by atoms with Crippen molar-refractivity contribution in [3.05, 3.63) is 29.7 Å². The molecule has 1 heterocycles. The molecule has 0 fully saturated rings. The summed E-state index contributed by atoms with van der Waals surface area (Å²) >= 11 is 1.07. The summed E-state index contributed by atoms with van der Waals surface area (Å²) in [5, 5.41) is 0.610. The van der Waals surface area contributed by atoms with E-state index >= 15 is 0 Å². The van der Waals surface area contributed by atoms with Crippen LogP contribution in [-0.2, 0) is 0 Å². The maximum Gasteiger partial charge on any atom is 0.269 e. The first-order valence-corrected chi connectivity index (χ1v) is 5.30. The molecule has 1 aromatic heterocycles. The predicted octanol–water partition coefficient (Wildman–Crippen LogP) is 2.56. The van der Waals surface area contributed by atoms with Crippen LogP contribution in [0.1, 0.15) is 24.3 Å². The molecule has 0 saturated heterocycles. The number of halogens is 1. The van der Waals surface area contributed by atoms with Crippen LogP contribution in [0.2, 0.25) is 0 Å². The summed E-state index contributed by atoms with van der Waals surface area (Å²) in [5.74, 6) is -0.926. The van der Waals surface area contributed by atoms with E-state index in [9.17, 15) is 9.18 Å². The molecule has 0 aliphatic carbocycles. The number of hydrogen-bond acceptors (Lipinski definition) is 3. The molecule has 2 rings (SSSR count). The highest BCUT2D eigenvalue weighted by Gasteiger charge is 2.10. The van der Waals surface area contributed by atoms with Crippen LogP contribution in [0.25, 0.3) is 10.1 Å². The first-order chi connectivity index (χ1) is 7.18. The van der Waals surface area contributed by atoms with Crippen molar-refractivity contribution in [1.82, 2.24) is 4.37 Å². The zero-order chi connectivity index (χ0) is 11.4. The van der Waals surface area contributed by atoms with Gasteiger partial charge in [-0.05, 0) is 29.7 Å². The Morgan fingerprint density at radius 3 is 2.73 bits per heavy atom. The van der Waals surface area contributed by atoms with Crippen LogP contribution in [-0.4, -0.2) is 10.3 Å². The lowest BCUT2D eigenvalue weighted by atomic mass is 10.2. The van der Waals surface area contributed by atoms with Gasteiger partial charge in [0.15, 0.2) is 0 Å². The van der Waals surface area contributed by atoms with Crippen molar-refractivity contribution in [3.8, 4) is 0 Å².